The van der Waals surface area contributed by atoms with Crippen LogP contribution in [0.1, 0.15) is 54.5 Å². The molecule has 8 nitrogen and oxygen atoms in total. The van der Waals surface area contributed by atoms with Crippen LogP contribution in [0.3, 0.4) is 0 Å². The van der Waals surface area contributed by atoms with E-state index in [2.05, 4.69) is 20.8 Å². The normalized spacial score (nSPS) is 15.2. The topological polar surface area (TPSA) is 93.8 Å². The summed E-state index contributed by atoms with van der Waals surface area (Å²) in [6.07, 6.45) is -1.36. The van der Waals surface area contributed by atoms with Crippen LogP contribution in [0.15, 0.2) is 12.3 Å². The molecule has 29 heavy (non-hydrogen) atoms. The van der Waals surface area contributed by atoms with Crippen molar-refractivity contribution in [3.05, 3.63) is 29.3 Å². The molecule has 1 unspecified atom stereocenters. The number of carbonyl (C=O) groups excluding carboxylic acids is 2. The van der Waals surface area contributed by atoms with Gasteiger partial charge in [-0.15, -0.1) is 0 Å². The van der Waals surface area contributed by atoms with Crippen molar-refractivity contribution < 1.29 is 22.8 Å². The van der Waals surface area contributed by atoms with E-state index < -0.39 is 29.6 Å². The highest BCUT2D eigenvalue weighted by atomic mass is 19.4. The average Bonchev–Trinajstić information content (AvgIpc) is 3.28. The maximum absolute atomic E-state index is 13.0. The van der Waals surface area contributed by atoms with Crippen LogP contribution < -0.4 is 10.6 Å². The fraction of sp³-hybridized carbons (Fsp3) is 0.556. The van der Waals surface area contributed by atoms with E-state index in [-0.39, 0.29) is 23.8 Å². The molecule has 2 N–H and O–H groups in total. The van der Waals surface area contributed by atoms with Gasteiger partial charge in [0.2, 0.25) is 5.91 Å². The number of nitrogens with zero attached hydrogens (tertiary/aromatic N) is 4. The molecule has 0 aliphatic heterocycles. The Morgan fingerprint density at radius 2 is 2.00 bits per heavy atom. The number of alkyl halides is 3. The zero-order chi connectivity index (χ0) is 21.3. The van der Waals surface area contributed by atoms with Crippen molar-refractivity contribution in [2.75, 3.05) is 12.4 Å². The van der Waals surface area contributed by atoms with Crippen molar-refractivity contribution in [1.82, 2.24) is 24.9 Å². The van der Waals surface area contributed by atoms with Crippen molar-refractivity contribution in [3.63, 3.8) is 0 Å². The van der Waals surface area contributed by atoms with Crippen LogP contribution >= 0.6 is 0 Å². The van der Waals surface area contributed by atoms with Crippen LogP contribution in [0.4, 0.5) is 18.9 Å². The molecule has 1 fully saturated rings. The van der Waals surface area contributed by atoms with Crippen LogP contribution in [0, 0.1) is 5.92 Å². The van der Waals surface area contributed by atoms with Gasteiger partial charge >= 0.3 is 6.18 Å². The second-order valence-corrected chi connectivity index (χ2v) is 7.13. The van der Waals surface area contributed by atoms with Crippen LogP contribution in [-0.2, 0) is 24.1 Å². The molecule has 1 aliphatic carbocycles. The van der Waals surface area contributed by atoms with Gasteiger partial charge in [-0.3, -0.25) is 19.0 Å². The maximum Gasteiger partial charge on any atom is 0.435 e. The summed E-state index contributed by atoms with van der Waals surface area (Å²) in [6, 6.07) is 1.07. The van der Waals surface area contributed by atoms with E-state index in [0.29, 0.717) is 12.2 Å². The Labute approximate surface area is 165 Å². The first kappa shape index (κ1) is 20.9. The lowest BCUT2D eigenvalue weighted by atomic mass is 10.1. The minimum atomic E-state index is -4.53. The third-order valence-corrected chi connectivity index (χ3v) is 4.78. The number of rotatable bonds is 7. The summed E-state index contributed by atoms with van der Waals surface area (Å²) in [6.45, 7) is 3.95. The third-order valence-electron chi connectivity index (χ3n) is 4.78. The number of anilines is 1. The predicted octanol–water partition coefficient (Wildman–Crippen LogP) is 2.63. The molecule has 1 atom stereocenters. The Morgan fingerprint density at radius 1 is 1.31 bits per heavy atom. The van der Waals surface area contributed by atoms with Crippen molar-refractivity contribution in [3.8, 4) is 0 Å². The molecule has 0 spiro atoms. The molecule has 3 rings (SSSR count). The highest BCUT2D eigenvalue weighted by Gasteiger charge is 2.38. The van der Waals surface area contributed by atoms with E-state index in [4.69, 9.17) is 0 Å². The first-order valence-corrected chi connectivity index (χ1v) is 9.39. The zero-order valence-corrected chi connectivity index (χ0v) is 16.4. The molecule has 2 heterocycles. The zero-order valence-electron chi connectivity index (χ0n) is 16.4. The summed E-state index contributed by atoms with van der Waals surface area (Å²) in [5.41, 5.74) is -0.117. The van der Waals surface area contributed by atoms with Gasteiger partial charge in [0.25, 0.3) is 5.91 Å². The van der Waals surface area contributed by atoms with Crippen LogP contribution in [0.5, 0.6) is 0 Å². The first-order chi connectivity index (χ1) is 13.6. The summed E-state index contributed by atoms with van der Waals surface area (Å²) in [7, 11) is 1.46. The lowest BCUT2D eigenvalue weighted by Crippen LogP contribution is -2.27. The fourth-order valence-electron chi connectivity index (χ4n) is 2.98. The number of aryl methyl sites for hydroxylation is 1. The van der Waals surface area contributed by atoms with Gasteiger partial charge in [0, 0.05) is 31.4 Å². The number of amides is 2. The molecule has 158 valence electrons. The summed E-state index contributed by atoms with van der Waals surface area (Å²) >= 11 is 0. The van der Waals surface area contributed by atoms with E-state index in [1.807, 2.05) is 6.92 Å². The monoisotopic (exact) mass is 412 g/mol. The number of carbonyl (C=O) groups is 2. The smallest absolute Gasteiger partial charge is 0.354 e. The molecule has 0 aromatic carbocycles. The van der Waals surface area contributed by atoms with Gasteiger partial charge in [-0.1, -0.05) is 6.92 Å². The molecule has 0 saturated heterocycles. The quantitative estimate of drug-likeness (QED) is 0.731. The van der Waals surface area contributed by atoms with Gasteiger partial charge in [0.05, 0.1) is 18.2 Å². The van der Waals surface area contributed by atoms with Crippen molar-refractivity contribution in [2.45, 2.75) is 51.9 Å². The van der Waals surface area contributed by atoms with E-state index in [1.54, 1.807) is 13.1 Å². The van der Waals surface area contributed by atoms with Crippen LogP contribution in [0.2, 0.25) is 0 Å². The van der Waals surface area contributed by atoms with Gasteiger partial charge in [-0.05, 0) is 25.8 Å². The summed E-state index contributed by atoms with van der Waals surface area (Å²) < 4.78 is 41.9. The van der Waals surface area contributed by atoms with E-state index in [9.17, 15) is 22.8 Å². The maximum atomic E-state index is 13.0. The van der Waals surface area contributed by atoms with E-state index in [1.165, 1.54) is 16.4 Å². The Morgan fingerprint density at radius 3 is 2.55 bits per heavy atom. The molecule has 0 radical (unpaired) electrons. The molecule has 0 bridgehead atoms. The second-order valence-electron chi connectivity index (χ2n) is 7.13. The number of halogens is 3. The number of nitrogens with one attached hydrogen (secondary N) is 2. The standard InChI is InChI=1S/C18H23F3N6O2/c1-4-26-9-12(15(25-26)17(29)22-3)23-16(28)10(2)8-27-13(11-5-6-11)7-14(24-27)18(19,20)21/h7,9-11H,4-6,8H2,1-3H3,(H,22,29)(H,23,28). The average molecular weight is 412 g/mol. The molecule has 1 saturated carbocycles. The Balaban J connectivity index is 1.76. The molecular formula is C18H23F3N6O2. The molecular weight excluding hydrogens is 389 g/mol. The molecule has 2 aromatic heterocycles. The highest BCUT2D eigenvalue weighted by molar-refractivity contribution is 6.02. The minimum Gasteiger partial charge on any atom is -0.354 e. The van der Waals surface area contributed by atoms with Gasteiger partial charge in [0.1, 0.15) is 0 Å². The summed E-state index contributed by atoms with van der Waals surface area (Å²) in [5.74, 6) is -1.50. The highest BCUT2D eigenvalue weighted by Crippen LogP contribution is 2.42. The van der Waals surface area contributed by atoms with Crippen LogP contribution in [0.25, 0.3) is 0 Å². The molecule has 2 aromatic rings. The van der Waals surface area contributed by atoms with Crippen molar-refractivity contribution in [2.24, 2.45) is 5.92 Å². The molecule has 11 heteroatoms. The number of hydrogen-bond donors (Lipinski definition) is 2. The third kappa shape index (κ3) is 4.60. The van der Waals surface area contributed by atoms with Crippen molar-refractivity contribution >= 4 is 17.5 Å². The largest absolute Gasteiger partial charge is 0.435 e. The van der Waals surface area contributed by atoms with E-state index >= 15 is 0 Å². The van der Waals surface area contributed by atoms with Gasteiger partial charge in [0.15, 0.2) is 11.4 Å². The predicted molar refractivity (Wildman–Crippen MR) is 98.3 cm³/mol. The Kier molecular flexibility index (Phi) is 5.67. The first-order valence-electron chi connectivity index (χ1n) is 9.39. The molecule has 1 aliphatic rings. The summed E-state index contributed by atoms with van der Waals surface area (Å²) in [5, 5.41) is 12.9. The summed E-state index contributed by atoms with van der Waals surface area (Å²) in [4.78, 5) is 24.6. The minimum absolute atomic E-state index is 0.00493. The second kappa shape index (κ2) is 7.88. The van der Waals surface area contributed by atoms with Gasteiger partial charge in [-0.25, -0.2) is 0 Å². The Bertz CT molecular complexity index is 913. The number of aromatic nitrogens is 4. The SMILES string of the molecule is CCn1cc(NC(=O)C(C)Cn2nc(C(F)(F)F)cc2C2CC2)c(C(=O)NC)n1. The van der Waals surface area contributed by atoms with E-state index in [0.717, 1.165) is 18.9 Å². The van der Waals surface area contributed by atoms with Gasteiger partial charge in [-0.2, -0.15) is 23.4 Å². The van der Waals surface area contributed by atoms with Gasteiger partial charge < -0.3 is 10.6 Å². The lowest BCUT2D eigenvalue weighted by Gasteiger charge is -2.14. The number of hydrogen-bond acceptors (Lipinski definition) is 4. The lowest BCUT2D eigenvalue weighted by molar-refractivity contribution is -0.141. The molecule has 2 amide bonds. The fourth-order valence-corrected chi connectivity index (χ4v) is 2.98. The Hall–Kier alpha value is -2.85. The van der Waals surface area contributed by atoms with Crippen LogP contribution in [-0.4, -0.2) is 38.4 Å². The van der Waals surface area contributed by atoms with Crippen molar-refractivity contribution in [1.29, 1.82) is 0 Å².